The molecular weight excluding hydrogens is 366 g/mol. The highest BCUT2D eigenvalue weighted by atomic mass is 16.5. The zero-order valence-electron chi connectivity index (χ0n) is 16.4. The van der Waals surface area contributed by atoms with Crippen LogP contribution in [-0.4, -0.2) is 36.7 Å². The lowest BCUT2D eigenvalue weighted by atomic mass is 10.2. The molecule has 0 N–H and O–H groups in total. The Kier molecular flexibility index (Phi) is 4.42. The quantitative estimate of drug-likeness (QED) is 0.672. The van der Waals surface area contributed by atoms with E-state index in [9.17, 15) is 4.79 Å². The molecule has 0 bridgehead atoms. The van der Waals surface area contributed by atoms with Crippen molar-refractivity contribution in [3.05, 3.63) is 71.5 Å². The summed E-state index contributed by atoms with van der Waals surface area (Å²) >= 11 is 0. The molecule has 1 aliphatic heterocycles. The van der Waals surface area contributed by atoms with Gasteiger partial charge in [-0.3, -0.25) is 9.48 Å². The van der Waals surface area contributed by atoms with Crippen molar-refractivity contribution < 1.29 is 9.53 Å². The van der Waals surface area contributed by atoms with Crippen molar-refractivity contribution in [1.82, 2.24) is 24.2 Å². The number of rotatable bonds is 5. The van der Waals surface area contributed by atoms with Gasteiger partial charge in [-0.05, 0) is 30.7 Å². The van der Waals surface area contributed by atoms with Gasteiger partial charge in [0.15, 0.2) is 0 Å². The summed E-state index contributed by atoms with van der Waals surface area (Å²) in [7, 11) is 1.99. The first-order chi connectivity index (χ1) is 14.2. The number of para-hydroxylation sites is 2. The van der Waals surface area contributed by atoms with Crippen molar-refractivity contribution in [2.24, 2.45) is 7.05 Å². The average molecular weight is 389 g/mol. The molecule has 1 aliphatic carbocycles. The third-order valence-electron chi connectivity index (χ3n) is 5.51. The van der Waals surface area contributed by atoms with Crippen LogP contribution >= 0.6 is 0 Å². The molecule has 5 rings (SSSR count). The van der Waals surface area contributed by atoms with E-state index in [0.29, 0.717) is 31.9 Å². The molecule has 1 amide bonds. The van der Waals surface area contributed by atoms with Crippen LogP contribution in [0.4, 0.5) is 0 Å². The van der Waals surface area contributed by atoms with E-state index in [0.717, 1.165) is 41.2 Å². The maximum absolute atomic E-state index is 13.0. The van der Waals surface area contributed by atoms with Crippen molar-refractivity contribution in [3.63, 3.8) is 0 Å². The molecule has 7 nitrogen and oxygen atoms in total. The number of hydrogen-bond acceptors (Lipinski definition) is 4. The van der Waals surface area contributed by atoms with E-state index in [-0.39, 0.29) is 5.91 Å². The number of ether oxygens (including phenoxy) is 1. The maximum atomic E-state index is 13.0. The summed E-state index contributed by atoms with van der Waals surface area (Å²) in [5.41, 5.74) is 3.42. The van der Waals surface area contributed by atoms with Crippen molar-refractivity contribution in [3.8, 4) is 0 Å². The number of fused-ring (bicyclic) bond motifs is 2. The Morgan fingerprint density at radius 3 is 2.93 bits per heavy atom. The monoisotopic (exact) mass is 389 g/mol. The summed E-state index contributed by atoms with van der Waals surface area (Å²) in [6, 6.07) is 9.87. The summed E-state index contributed by atoms with van der Waals surface area (Å²) in [5.74, 6) is 1.84. The molecule has 0 radical (unpaired) electrons. The zero-order chi connectivity index (χ0) is 19.8. The summed E-state index contributed by atoms with van der Waals surface area (Å²) in [5, 5.41) is 4.56. The van der Waals surface area contributed by atoms with Gasteiger partial charge in [0.05, 0.1) is 29.9 Å². The van der Waals surface area contributed by atoms with Crippen LogP contribution in [0, 0.1) is 0 Å². The summed E-state index contributed by atoms with van der Waals surface area (Å²) in [4.78, 5) is 19.6. The molecule has 7 heteroatoms. The molecule has 2 aliphatic rings. The molecule has 148 valence electrons. The van der Waals surface area contributed by atoms with E-state index in [1.807, 2.05) is 54.4 Å². The van der Waals surface area contributed by atoms with Gasteiger partial charge in [0, 0.05) is 20.0 Å². The molecular formula is C22H23N5O2. The fraction of sp³-hybridized carbons (Fsp3) is 0.318. The number of benzene rings is 1. The first-order valence-electron chi connectivity index (χ1n) is 9.94. The first kappa shape index (κ1) is 17.7. The number of carbonyl (C=O) groups is 1. The molecule has 0 fully saturated rings. The van der Waals surface area contributed by atoms with E-state index >= 15 is 0 Å². The van der Waals surface area contributed by atoms with Crippen molar-refractivity contribution in [1.29, 1.82) is 0 Å². The van der Waals surface area contributed by atoms with Crippen molar-refractivity contribution >= 4 is 16.9 Å². The second-order valence-electron chi connectivity index (χ2n) is 7.44. The van der Waals surface area contributed by atoms with Gasteiger partial charge in [0.25, 0.3) is 5.91 Å². The maximum Gasteiger partial charge on any atom is 0.272 e. The third kappa shape index (κ3) is 3.33. The van der Waals surface area contributed by atoms with Crippen molar-refractivity contribution in [2.45, 2.75) is 32.5 Å². The Morgan fingerprint density at radius 2 is 2.10 bits per heavy atom. The second-order valence-corrected chi connectivity index (χ2v) is 7.44. The summed E-state index contributed by atoms with van der Waals surface area (Å²) < 4.78 is 9.70. The second kappa shape index (κ2) is 7.24. The summed E-state index contributed by atoms with van der Waals surface area (Å²) in [6.45, 7) is 2.17. The highest BCUT2D eigenvalue weighted by Gasteiger charge is 2.27. The Morgan fingerprint density at radius 1 is 1.21 bits per heavy atom. The van der Waals surface area contributed by atoms with Crippen LogP contribution in [-0.2, 0) is 31.5 Å². The van der Waals surface area contributed by atoms with Gasteiger partial charge in [-0.2, -0.15) is 5.10 Å². The van der Waals surface area contributed by atoms with Crippen LogP contribution in [0.5, 0.6) is 0 Å². The molecule has 2 aromatic heterocycles. The number of imidazole rings is 1. The smallest absolute Gasteiger partial charge is 0.272 e. The van der Waals surface area contributed by atoms with Gasteiger partial charge in [-0.1, -0.05) is 24.3 Å². The molecule has 3 aromatic rings. The fourth-order valence-electron chi connectivity index (χ4n) is 3.89. The fourth-order valence-corrected chi connectivity index (χ4v) is 3.89. The minimum atomic E-state index is -0.0122. The van der Waals surface area contributed by atoms with E-state index in [1.54, 1.807) is 4.68 Å². The molecule has 3 heterocycles. The number of amides is 1. The normalized spacial score (nSPS) is 16.2. The largest absolute Gasteiger partial charge is 0.492 e. The van der Waals surface area contributed by atoms with Crippen LogP contribution in [0.25, 0.3) is 11.0 Å². The first-order valence-corrected chi connectivity index (χ1v) is 9.94. The van der Waals surface area contributed by atoms with E-state index < -0.39 is 0 Å². The number of allylic oxidation sites excluding steroid dienone is 4. The Labute approximate surface area is 168 Å². The number of aromatic nitrogens is 4. The molecule has 0 spiro atoms. The lowest BCUT2D eigenvalue weighted by molar-refractivity contribution is 0.0677. The molecule has 0 atom stereocenters. The van der Waals surface area contributed by atoms with Crippen molar-refractivity contribution in [2.75, 3.05) is 6.54 Å². The zero-order valence-corrected chi connectivity index (χ0v) is 16.4. The molecule has 1 aromatic carbocycles. The number of aryl methyl sites for hydroxylation is 1. The molecule has 0 saturated carbocycles. The topological polar surface area (TPSA) is 65.2 Å². The number of carbonyl (C=O) groups excluding carboxylic acids is 1. The summed E-state index contributed by atoms with van der Waals surface area (Å²) in [6.07, 6.45) is 8.04. The van der Waals surface area contributed by atoms with Crippen LogP contribution in [0.3, 0.4) is 0 Å². The van der Waals surface area contributed by atoms with Crippen LogP contribution in [0.15, 0.2) is 54.3 Å². The predicted octanol–water partition coefficient (Wildman–Crippen LogP) is 3.18. The van der Waals surface area contributed by atoms with Gasteiger partial charge in [0.2, 0.25) is 0 Å². The highest BCUT2D eigenvalue weighted by molar-refractivity contribution is 5.93. The van der Waals surface area contributed by atoms with E-state index in [2.05, 4.69) is 15.7 Å². The minimum absolute atomic E-state index is 0.0122. The molecule has 0 saturated heterocycles. The Balaban J connectivity index is 1.31. The third-order valence-corrected chi connectivity index (χ3v) is 5.51. The Hall–Kier alpha value is -3.35. The lowest BCUT2D eigenvalue weighted by Crippen LogP contribution is -2.40. The highest BCUT2D eigenvalue weighted by Crippen LogP contribution is 2.21. The van der Waals surface area contributed by atoms with Gasteiger partial charge in [-0.15, -0.1) is 0 Å². The van der Waals surface area contributed by atoms with Gasteiger partial charge >= 0.3 is 0 Å². The predicted molar refractivity (Wildman–Crippen MR) is 109 cm³/mol. The number of nitrogens with zero attached hydrogens (tertiary/aromatic N) is 5. The Bertz CT molecular complexity index is 1140. The standard InChI is InChI=1S/C22H23N5O2/c1-25-19-10-6-5-9-18(19)23-21(25)14-26-11-12-27-20(22(26)28)13-16(24-27)15-29-17-7-3-2-4-8-17/h2-3,5-7,9-10,13H,4,8,11-12,14-15H2,1H3. The average Bonchev–Trinajstić information content (AvgIpc) is 3.31. The van der Waals surface area contributed by atoms with Gasteiger partial charge in [0.1, 0.15) is 23.8 Å². The van der Waals surface area contributed by atoms with Gasteiger partial charge in [-0.25, -0.2) is 4.98 Å². The SMILES string of the molecule is Cn1c(CN2CCn3nc(COC4=CC=CCC4)cc3C2=O)nc2ccccc21. The molecule has 29 heavy (non-hydrogen) atoms. The van der Waals surface area contributed by atoms with Crippen LogP contribution in [0.1, 0.15) is 34.8 Å². The molecule has 0 unspecified atom stereocenters. The lowest BCUT2D eigenvalue weighted by Gasteiger charge is -2.27. The van der Waals surface area contributed by atoms with E-state index in [1.165, 1.54) is 0 Å². The van der Waals surface area contributed by atoms with Crippen LogP contribution in [0.2, 0.25) is 0 Å². The minimum Gasteiger partial charge on any atom is -0.492 e. The van der Waals surface area contributed by atoms with E-state index in [4.69, 9.17) is 9.72 Å². The van der Waals surface area contributed by atoms with Gasteiger partial charge < -0.3 is 14.2 Å². The van der Waals surface area contributed by atoms with Crippen LogP contribution < -0.4 is 0 Å². The number of hydrogen-bond donors (Lipinski definition) is 0.